The van der Waals surface area contributed by atoms with Gasteiger partial charge in [-0.2, -0.15) is 0 Å². The monoisotopic (exact) mass is 291 g/mol. The molecule has 0 saturated heterocycles. The van der Waals surface area contributed by atoms with E-state index in [1.807, 2.05) is 12.1 Å². The predicted octanol–water partition coefficient (Wildman–Crippen LogP) is 4.44. The molecular formula is C13H16Cl3N. The molecule has 0 unspecified atom stereocenters. The van der Waals surface area contributed by atoms with E-state index in [1.54, 1.807) is 6.07 Å². The lowest BCUT2D eigenvalue weighted by atomic mass is 9.84. The second kappa shape index (κ2) is 5.79. The van der Waals surface area contributed by atoms with Crippen molar-refractivity contribution in [2.45, 2.75) is 24.8 Å². The largest absolute Gasteiger partial charge is 0.302 e. The van der Waals surface area contributed by atoms with Crippen LogP contribution in [0.1, 0.15) is 18.4 Å². The Morgan fingerprint density at radius 3 is 2.59 bits per heavy atom. The molecule has 4 heteroatoms. The minimum Gasteiger partial charge on any atom is -0.302 e. The van der Waals surface area contributed by atoms with Crippen LogP contribution < -0.4 is 0 Å². The molecule has 0 radical (unpaired) electrons. The molecule has 1 nitrogen and oxygen atoms in total. The Morgan fingerprint density at radius 2 is 2.00 bits per heavy atom. The highest BCUT2D eigenvalue weighted by molar-refractivity contribution is 6.35. The van der Waals surface area contributed by atoms with Crippen LogP contribution in [0.15, 0.2) is 18.2 Å². The Labute approximate surface area is 118 Å². The Hall–Kier alpha value is 0.0500. The first-order chi connectivity index (χ1) is 8.04. The fourth-order valence-electron chi connectivity index (χ4n) is 2.25. The lowest BCUT2D eigenvalue weighted by molar-refractivity contribution is 0.204. The van der Waals surface area contributed by atoms with Crippen molar-refractivity contribution in [2.75, 3.05) is 13.6 Å². The molecule has 1 fully saturated rings. The average Bonchev–Trinajstić information content (AvgIpc) is 2.20. The number of benzene rings is 1. The van der Waals surface area contributed by atoms with Crippen molar-refractivity contribution < 1.29 is 0 Å². The van der Waals surface area contributed by atoms with Gasteiger partial charge < -0.3 is 4.90 Å². The molecular weight excluding hydrogens is 277 g/mol. The predicted molar refractivity (Wildman–Crippen MR) is 75.2 cm³/mol. The van der Waals surface area contributed by atoms with Crippen LogP contribution in [0.25, 0.3) is 0 Å². The minimum absolute atomic E-state index is 0.396. The van der Waals surface area contributed by atoms with Crippen molar-refractivity contribution in [3.63, 3.8) is 0 Å². The highest BCUT2D eigenvalue weighted by atomic mass is 35.5. The molecule has 1 aromatic rings. The lowest BCUT2D eigenvalue weighted by Gasteiger charge is -2.34. The van der Waals surface area contributed by atoms with E-state index < -0.39 is 0 Å². The molecule has 0 amide bonds. The molecule has 0 bridgehead atoms. The zero-order valence-corrected chi connectivity index (χ0v) is 12.1. The molecule has 1 aromatic carbocycles. The normalized spacial score (nSPS) is 23.8. The van der Waals surface area contributed by atoms with E-state index >= 15 is 0 Å². The number of hydrogen-bond donors (Lipinski definition) is 0. The summed E-state index contributed by atoms with van der Waals surface area (Å²) in [5.74, 6) is 0.744. The maximum Gasteiger partial charge on any atom is 0.0465 e. The average molecular weight is 293 g/mol. The topological polar surface area (TPSA) is 3.24 Å². The number of nitrogens with zero attached hydrogens (tertiary/aromatic N) is 1. The quantitative estimate of drug-likeness (QED) is 0.742. The Morgan fingerprint density at radius 1 is 1.29 bits per heavy atom. The summed E-state index contributed by atoms with van der Waals surface area (Å²) in [5.41, 5.74) is 1.13. The number of hydrogen-bond acceptors (Lipinski definition) is 1. The van der Waals surface area contributed by atoms with Crippen molar-refractivity contribution in [1.29, 1.82) is 0 Å². The van der Waals surface area contributed by atoms with Gasteiger partial charge in [-0.05, 0) is 43.5 Å². The molecule has 0 atom stereocenters. The van der Waals surface area contributed by atoms with E-state index in [1.165, 1.54) is 0 Å². The molecule has 0 spiro atoms. The van der Waals surface area contributed by atoms with Crippen LogP contribution in [0.5, 0.6) is 0 Å². The summed E-state index contributed by atoms with van der Waals surface area (Å²) in [5, 5.41) is 1.83. The summed E-state index contributed by atoms with van der Waals surface area (Å²) >= 11 is 18.0. The van der Waals surface area contributed by atoms with Crippen LogP contribution in [0.3, 0.4) is 0 Å². The van der Waals surface area contributed by atoms with Crippen molar-refractivity contribution in [3.8, 4) is 0 Å². The molecule has 0 aromatic heterocycles. The summed E-state index contributed by atoms with van der Waals surface area (Å²) in [7, 11) is 2.12. The van der Waals surface area contributed by atoms with Gasteiger partial charge in [0.1, 0.15) is 0 Å². The molecule has 1 saturated carbocycles. The van der Waals surface area contributed by atoms with Crippen LogP contribution in [-0.4, -0.2) is 23.9 Å². The third kappa shape index (κ3) is 3.75. The van der Waals surface area contributed by atoms with E-state index in [-0.39, 0.29) is 0 Å². The van der Waals surface area contributed by atoms with E-state index in [0.29, 0.717) is 10.4 Å². The van der Waals surface area contributed by atoms with Crippen molar-refractivity contribution in [1.82, 2.24) is 4.90 Å². The first-order valence-corrected chi connectivity index (χ1v) is 7.00. The second-order valence-electron chi connectivity index (χ2n) is 4.87. The summed E-state index contributed by atoms with van der Waals surface area (Å²) in [6.07, 6.45) is 2.28. The van der Waals surface area contributed by atoms with Gasteiger partial charge in [0.15, 0.2) is 0 Å². The van der Waals surface area contributed by atoms with Gasteiger partial charge in [0.05, 0.1) is 0 Å². The maximum absolute atomic E-state index is 6.15. The van der Waals surface area contributed by atoms with Gasteiger partial charge in [-0.25, -0.2) is 0 Å². The highest BCUT2D eigenvalue weighted by Crippen LogP contribution is 2.32. The molecule has 0 N–H and O–H groups in total. The fraction of sp³-hybridized carbons (Fsp3) is 0.538. The Kier molecular flexibility index (Phi) is 4.59. The third-order valence-electron chi connectivity index (χ3n) is 3.20. The molecule has 2 rings (SSSR count). The lowest BCUT2D eigenvalue weighted by Crippen LogP contribution is -2.34. The number of halogens is 3. The van der Waals surface area contributed by atoms with Gasteiger partial charge in [0.25, 0.3) is 0 Å². The first kappa shape index (κ1) is 13.5. The Bertz CT molecular complexity index is 388. The molecule has 1 aliphatic carbocycles. The van der Waals surface area contributed by atoms with Crippen LogP contribution in [0, 0.1) is 5.92 Å². The van der Waals surface area contributed by atoms with E-state index in [9.17, 15) is 0 Å². The van der Waals surface area contributed by atoms with Crippen LogP contribution >= 0.6 is 34.8 Å². The minimum atomic E-state index is 0.396. The zero-order chi connectivity index (χ0) is 12.4. The van der Waals surface area contributed by atoms with Crippen molar-refractivity contribution in [2.24, 2.45) is 5.92 Å². The molecule has 0 aliphatic heterocycles. The molecule has 17 heavy (non-hydrogen) atoms. The summed E-state index contributed by atoms with van der Waals surface area (Å²) in [6, 6.07) is 5.67. The van der Waals surface area contributed by atoms with Crippen LogP contribution in [0.2, 0.25) is 10.0 Å². The number of rotatable bonds is 4. The number of alkyl halides is 1. The van der Waals surface area contributed by atoms with E-state index in [4.69, 9.17) is 34.8 Å². The van der Waals surface area contributed by atoms with Gasteiger partial charge in [0.2, 0.25) is 0 Å². The van der Waals surface area contributed by atoms with Gasteiger partial charge in [0, 0.05) is 28.5 Å². The highest BCUT2D eigenvalue weighted by Gasteiger charge is 2.27. The summed E-state index contributed by atoms with van der Waals surface area (Å²) in [4.78, 5) is 2.29. The van der Waals surface area contributed by atoms with Gasteiger partial charge in [-0.15, -0.1) is 11.6 Å². The second-order valence-corrected chi connectivity index (χ2v) is 6.33. The third-order valence-corrected chi connectivity index (χ3v) is 4.15. The standard InChI is InChI=1S/C13H16Cl3N/c1-17(7-9-4-12(15)5-9)8-10-2-3-11(14)6-13(10)16/h2-3,6,9,12H,4-5,7-8H2,1H3. The van der Waals surface area contributed by atoms with Crippen LogP contribution in [0.4, 0.5) is 0 Å². The van der Waals surface area contributed by atoms with Gasteiger partial charge in [-0.1, -0.05) is 29.3 Å². The molecule has 94 valence electrons. The van der Waals surface area contributed by atoms with Crippen molar-refractivity contribution >= 4 is 34.8 Å². The summed E-state index contributed by atoms with van der Waals surface area (Å²) in [6.45, 7) is 1.95. The van der Waals surface area contributed by atoms with E-state index in [2.05, 4.69) is 11.9 Å². The van der Waals surface area contributed by atoms with E-state index in [0.717, 1.165) is 42.4 Å². The SMILES string of the molecule is CN(Cc1ccc(Cl)cc1Cl)CC1CC(Cl)C1. The molecule has 1 aliphatic rings. The fourth-order valence-corrected chi connectivity index (χ4v) is 3.22. The smallest absolute Gasteiger partial charge is 0.0465 e. The maximum atomic E-state index is 6.15. The first-order valence-electron chi connectivity index (χ1n) is 5.81. The van der Waals surface area contributed by atoms with Gasteiger partial charge in [-0.3, -0.25) is 0 Å². The molecule has 0 heterocycles. The van der Waals surface area contributed by atoms with Crippen molar-refractivity contribution in [3.05, 3.63) is 33.8 Å². The zero-order valence-electron chi connectivity index (χ0n) is 9.80. The Balaban J connectivity index is 1.87. The van der Waals surface area contributed by atoms with Gasteiger partial charge >= 0.3 is 0 Å². The summed E-state index contributed by atoms with van der Waals surface area (Å²) < 4.78 is 0. The van der Waals surface area contributed by atoms with Crippen LogP contribution in [-0.2, 0) is 6.54 Å².